The van der Waals surface area contributed by atoms with Gasteiger partial charge in [0.25, 0.3) is 0 Å². The number of aliphatic hydroxyl groups excluding tert-OH is 1. The minimum Gasteiger partial charge on any atom is -0.391 e. The number of benzene rings is 2. The van der Waals surface area contributed by atoms with Gasteiger partial charge < -0.3 is 14.7 Å². The molecule has 138 valence electrons. The first-order valence-corrected chi connectivity index (χ1v) is 9.23. The van der Waals surface area contributed by atoms with Crippen LogP contribution in [0.3, 0.4) is 0 Å². The molecule has 0 saturated carbocycles. The second-order valence-corrected chi connectivity index (χ2v) is 7.27. The van der Waals surface area contributed by atoms with Crippen LogP contribution in [0.1, 0.15) is 31.4 Å². The number of carbonyl (C=O) groups excluding carboxylic acids is 1. The van der Waals surface area contributed by atoms with Crippen LogP contribution < -0.4 is 0 Å². The van der Waals surface area contributed by atoms with Gasteiger partial charge in [-0.15, -0.1) is 0 Å². The van der Waals surface area contributed by atoms with Crippen molar-refractivity contribution in [2.75, 3.05) is 0 Å². The van der Waals surface area contributed by atoms with Gasteiger partial charge in [0.1, 0.15) is 0 Å². The smallest absolute Gasteiger partial charge is 0.226 e. The van der Waals surface area contributed by atoms with Crippen LogP contribution in [0, 0.1) is 5.92 Å². The molecular weight excluding hydrogens is 326 g/mol. The first kappa shape index (κ1) is 18.6. The third-order valence-corrected chi connectivity index (χ3v) is 4.97. The zero-order chi connectivity index (χ0) is 18.5. The Bertz CT molecular complexity index is 702. The van der Waals surface area contributed by atoms with Crippen molar-refractivity contribution >= 4 is 5.91 Å². The van der Waals surface area contributed by atoms with Crippen LogP contribution in [-0.4, -0.2) is 34.2 Å². The summed E-state index contributed by atoms with van der Waals surface area (Å²) >= 11 is 0. The zero-order valence-corrected chi connectivity index (χ0v) is 15.4. The van der Waals surface area contributed by atoms with Gasteiger partial charge in [-0.2, -0.15) is 0 Å². The molecule has 1 aliphatic rings. The van der Waals surface area contributed by atoms with Gasteiger partial charge in [-0.3, -0.25) is 4.79 Å². The van der Waals surface area contributed by atoms with E-state index in [-0.39, 0.29) is 24.0 Å². The first-order valence-electron chi connectivity index (χ1n) is 9.23. The normalized spacial score (nSPS) is 21.4. The van der Waals surface area contributed by atoms with E-state index < -0.39 is 6.10 Å². The standard InChI is InChI=1S/C22H27NO3/c1-16(2)22(25)21-19(26-15-18-11-7-4-8-12-18)13-20(24)23(21)14-17-9-5-3-6-10-17/h3-12,16,19,21-22,25H,13-15H2,1-2H3/t19-,21-,22+/m0/s1. The average molecular weight is 353 g/mol. The monoisotopic (exact) mass is 353 g/mol. The summed E-state index contributed by atoms with van der Waals surface area (Å²) in [6, 6.07) is 19.5. The molecule has 1 N–H and O–H groups in total. The summed E-state index contributed by atoms with van der Waals surface area (Å²) in [5.41, 5.74) is 2.13. The number of aliphatic hydroxyl groups is 1. The number of nitrogens with zero attached hydrogens (tertiary/aromatic N) is 1. The Kier molecular flexibility index (Phi) is 6.07. The number of hydrogen-bond donors (Lipinski definition) is 1. The molecule has 3 atom stereocenters. The molecule has 2 aromatic carbocycles. The van der Waals surface area contributed by atoms with Crippen LogP contribution in [0.4, 0.5) is 0 Å². The van der Waals surface area contributed by atoms with Crippen molar-refractivity contribution in [2.45, 2.75) is 51.7 Å². The summed E-state index contributed by atoms with van der Waals surface area (Å²) in [7, 11) is 0. The Morgan fingerprint density at radius 2 is 1.62 bits per heavy atom. The molecular formula is C22H27NO3. The Balaban J connectivity index is 1.76. The predicted octanol–water partition coefficient (Wildman–Crippen LogP) is 3.39. The maximum Gasteiger partial charge on any atom is 0.226 e. The Morgan fingerprint density at radius 3 is 2.19 bits per heavy atom. The maximum absolute atomic E-state index is 12.7. The number of ether oxygens (including phenoxy) is 1. The van der Waals surface area contributed by atoms with E-state index in [9.17, 15) is 9.90 Å². The van der Waals surface area contributed by atoms with Crippen molar-refractivity contribution in [1.29, 1.82) is 0 Å². The molecule has 0 unspecified atom stereocenters. The van der Waals surface area contributed by atoms with Crippen LogP contribution in [0.25, 0.3) is 0 Å². The maximum atomic E-state index is 12.7. The average Bonchev–Trinajstić information content (AvgIpc) is 2.96. The number of rotatable bonds is 7. The lowest BCUT2D eigenvalue weighted by Gasteiger charge is -2.34. The van der Waals surface area contributed by atoms with Crippen molar-refractivity contribution in [3.8, 4) is 0 Å². The van der Waals surface area contributed by atoms with Gasteiger partial charge in [-0.1, -0.05) is 74.5 Å². The lowest BCUT2D eigenvalue weighted by atomic mass is 9.95. The summed E-state index contributed by atoms with van der Waals surface area (Å²) in [5, 5.41) is 10.8. The first-order chi connectivity index (χ1) is 12.6. The highest BCUT2D eigenvalue weighted by atomic mass is 16.5. The van der Waals surface area contributed by atoms with Crippen LogP contribution in [-0.2, 0) is 22.7 Å². The van der Waals surface area contributed by atoms with E-state index in [0.717, 1.165) is 11.1 Å². The van der Waals surface area contributed by atoms with E-state index in [1.54, 1.807) is 4.90 Å². The topological polar surface area (TPSA) is 49.8 Å². The summed E-state index contributed by atoms with van der Waals surface area (Å²) in [6.07, 6.45) is -0.608. The fourth-order valence-corrected chi connectivity index (χ4v) is 3.48. The molecule has 1 heterocycles. The Morgan fingerprint density at radius 1 is 1.04 bits per heavy atom. The number of hydrogen-bond acceptors (Lipinski definition) is 3. The molecule has 2 aromatic rings. The summed E-state index contributed by atoms with van der Waals surface area (Å²) in [4.78, 5) is 14.5. The van der Waals surface area contributed by atoms with Crippen LogP contribution >= 0.6 is 0 Å². The molecule has 0 bridgehead atoms. The highest BCUT2D eigenvalue weighted by molar-refractivity contribution is 5.80. The summed E-state index contributed by atoms with van der Waals surface area (Å²) < 4.78 is 6.09. The number of amides is 1. The van der Waals surface area contributed by atoms with E-state index >= 15 is 0 Å². The fourth-order valence-electron chi connectivity index (χ4n) is 3.48. The molecule has 26 heavy (non-hydrogen) atoms. The lowest BCUT2D eigenvalue weighted by molar-refractivity contribution is -0.131. The molecule has 1 aliphatic heterocycles. The SMILES string of the molecule is CC(C)[C@@H](O)[C@@H]1[C@@H](OCc2ccccc2)CC(=O)N1Cc1ccccc1. The molecule has 4 nitrogen and oxygen atoms in total. The van der Waals surface area contributed by atoms with Crippen LogP contribution in [0.2, 0.25) is 0 Å². The quantitative estimate of drug-likeness (QED) is 0.830. The molecule has 0 aliphatic carbocycles. The molecule has 1 amide bonds. The molecule has 0 radical (unpaired) electrons. The largest absolute Gasteiger partial charge is 0.391 e. The lowest BCUT2D eigenvalue weighted by Crippen LogP contribution is -2.48. The van der Waals surface area contributed by atoms with Gasteiger partial charge >= 0.3 is 0 Å². The van der Waals surface area contributed by atoms with Gasteiger partial charge in [0.2, 0.25) is 5.91 Å². The van der Waals surface area contributed by atoms with Gasteiger partial charge in [0.05, 0.1) is 31.3 Å². The van der Waals surface area contributed by atoms with E-state index in [4.69, 9.17) is 4.74 Å². The van der Waals surface area contributed by atoms with Crippen molar-refractivity contribution < 1.29 is 14.6 Å². The van der Waals surface area contributed by atoms with Crippen molar-refractivity contribution in [1.82, 2.24) is 4.90 Å². The van der Waals surface area contributed by atoms with Gasteiger partial charge in [-0.05, 0) is 17.0 Å². The van der Waals surface area contributed by atoms with Crippen molar-refractivity contribution in [3.05, 3.63) is 71.8 Å². The summed E-state index contributed by atoms with van der Waals surface area (Å²) in [5.74, 6) is 0.0867. The van der Waals surface area contributed by atoms with Crippen LogP contribution in [0.5, 0.6) is 0 Å². The fraction of sp³-hybridized carbons (Fsp3) is 0.409. The number of likely N-dealkylation sites (tertiary alicyclic amines) is 1. The van der Waals surface area contributed by atoms with Gasteiger partial charge in [0.15, 0.2) is 0 Å². The second-order valence-electron chi connectivity index (χ2n) is 7.27. The molecule has 3 rings (SSSR count). The van der Waals surface area contributed by atoms with Gasteiger partial charge in [-0.25, -0.2) is 0 Å². The van der Waals surface area contributed by atoms with E-state index in [0.29, 0.717) is 19.6 Å². The van der Waals surface area contributed by atoms with E-state index in [1.807, 2.05) is 74.5 Å². The van der Waals surface area contributed by atoms with E-state index in [1.165, 1.54) is 0 Å². The third kappa shape index (κ3) is 4.32. The zero-order valence-electron chi connectivity index (χ0n) is 15.4. The highest BCUT2D eigenvalue weighted by Gasteiger charge is 2.45. The molecule has 0 spiro atoms. The van der Waals surface area contributed by atoms with E-state index in [2.05, 4.69) is 0 Å². The minimum atomic E-state index is -0.620. The Hall–Kier alpha value is -2.17. The number of carbonyl (C=O) groups is 1. The Labute approximate surface area is 155 Å². The predicted molar refractivity (Wildman–Crippen MR) is 101 cm³/mol. The summed E-state index contributed by atoms with van der Waals surface area (Å²) in [6.45, 7) is 4.89. The molecule has 1 saturated heterocycles. The third-order valence-electron chi connectivity index (χ3n) is 4.97. The van der Waals surface area contributed by atoms with Crippen LogP contribution in [0.15, 0.2) is 60.7 Å². The molecule has 1 fully saturated rings. The van der Waals surface area contributed by atoms with Gasteiger partial charge in [0, 0.05) is 6.54 Å². The second kappa shape index (κ2) is 8.47. The molecule has 4 heteroatoms. The highest BCUT2D eigenvalue weighted by Crippen LogP contribution is 2.30. The minimum absolute atomic E-state index is 0.0385. The molecule has 0 aromatic heterocycles. The van der Waals surface area contributed by atoms with Crippen molar-refractivity contribution in [3.63, 3.8) is 0 Å². The van der Waals surface area contributed by atoms with Crippen molar-refractivity contribution in [2.24, 2.45) is 5.92 Å².